The predicted molar refractivity (Wildman–Crippen MR) is 125 cm³/mol. The van der Waals surface area contributed by atoms with Crippen LogP contribution in [0.1, 0.15) is 18.2 Å². The lowest BCUT2D eigenvalue weighted by Crippen LogP contribution is -1.96. The van der Waals surface area contributed by atoms with Gasteiger partial charge in [-0.3, -0.25) is 9.98 Å². The summed E-state index contributed by atoms with van der Waals surface area (Å²) in [5.74, 6) is -0.411. The Morgan fingerprint density at radius 3 is 2.68 bits per heavy atom. The van der Waals surface area contributed by atoms with E-state index in [1.807, 2.05) is 49.4 Å². The molecule has 4 nitrogen and oxygen atoms in total. The third-order valence-corrected chi connectivity index (χ3v) is 5.01. The van der Waals surface area contributed by atoms with Gasteiger partial charge in [0.2, 0.25) is 0 Å². The van der Waals surface area contributed by atoms with Gasteiger partial charge in [0.1, 0.15) is 5.82 Å². The predicted octanol–water partition coefficient (Wildman–Crippen LogP) is 6.63. The number of aliphatic imine (C=N–C) groups is 1. The zero-order valence-corrected chi connectivity index (χ0v) is 17.5. The van der Waals surface area contributed by atoms with Gasteiger partial charge in [-0.05, 0) is 79.4 Å². The second kappa shape index (κ2) is 8.98. The fourth-order valence-corrected chi connectivity index (χ4v) is 3.49. The highest BCUT2D eigenvalue weighted by Gasteiger charge is 2.14. The average Bonchev–Trinajstić information content (AvgIpc) is 2.80. The van der Waals surface area contributed by atoms with Gasteiger partial charge in [-0.1, -0.05) is 17.7 Å². The van der Waals surface area contributed by atoms with Gasteiger partial charge < -0.3 is 0 Å². The maximum Gasteiger partial charge on any atom is 0.160 e. The molecule has 0 aliphatic rings. The molecule has 0 saturated heterocycles. The van der Waals surface area contributed by atoms with Gasteiger partial charge in [0.05, 0.1) is 11.4 Å². The summed E-state index contributed by atoms with van der Waals surface area (Å²) >= 11 is 6.11. The zero-order chi connectivity index (χ0) is 21.8. The normalized spacial score (nSPS) is 12.2. The Bertz CT molecular complexity index is 1330. The van der Waals surface area contributed by atoms with Crippen molar-refractivity contribution < 1.29 is 4.39 Å². The summed E-state index contributed by atoms with van der Waals surface area (Å²) < 4.78 is 14.6. The van der Waals surface area contributed by atoms with E-state index in [0.717, 1.165) is 27.8 Å². The van der Waals surface area contributed by atoms with E-state index in [1.54, 1.807) is 24.7 Å². The lowest BCUT2D eigenvalue weighted by atomic mass is 9.97. The Kier molecular flexibility index (Phi) is 5.96. The molecule has 0 spiro atoms. The number of pyridine rings is 3. The van der Waals surface area contributed by atoms with Crippen LogP contribution in [0.3, 0.4) is 0 Å². The number of fused-ring (bicyclic) bond motifs is 1. The zero-order valence-electron chi connectivity index (χ0n) is 16.8. The highest BCUT2D eigenvalue weighted by atomic mass is 35.5. The SMILES string of the molecule is C=N/C=C(\C=C(/C)c1ccccn1)c1cc(-c2cc(Cl)ccc2F)nc2ncccc12. The van der Waals surface area contributed by atoms with Gasteiger partial charge in [-0.2, -0.15) is 0 Å². The number of hydrogen-bond acceptors (Lipinski definition) is 4. The average molecular weight is 429 g/mol. The second-order valence-electron chi connectivity index (χ2n) is 6.86. The fourth-order valence-electron chi connectivity index (χ4n) is 3.31. The summed E-state index contributed by atoms with van der Waals surface area (Å²) in [5, 5.41) is 1.24. The van der Waals surface area contributed by atoms with Gasteiger partial charge in [-0.15, -0.1) is 0 Å². The van der Waals surface area contributed by atoms with E-state index in [4.69, 9.17) is 11.6 Å². The first-order valence-corrected chi connectivity index (χ1v) is 9.92. The van der Waals surface area contributed by atoms with Crippen molar-refractivity contribution in [1.82, 2.24) is 15.0 Å². The van der Waals surface area contributed by atoms with Crippen LogP contribution in [0.4, 0.5) is 4.39 Å². The molecule has 4 rings (SSSR count). The number of halogens is 2. The molecule has 31 heavy (non-hydrogen) atoms. The Morgan fingerprint density at radius 2 is 1.90 bits per heavy atom. The van der Waals surface area contributed by atoms with E-state index in [1.165, 1.54) is 12.1 Å². The minimum absolute atomic E-state index is 0.303. The molecule has 0 radical (unpaired) electrons. The number of benzene rings is 1. The van der Waals surface area contributed by atoms with E-state index >= 15 is 0 Å². The quantitative estimate of drug-likeness (QED) is 0.265. The Morgan fingerprint density at radius 1 is 1.06 bits per heavy atom. The van der Waals surface area contributed by atoms with Crippen molar-refractivity contribution in [2.24, 2.45) is 4.99 Å². The van der Waals surface area contributed by atoms with Crippen molar-refractivity contribution in [2.75, 3.05) is 0 Å². The molecule has 1 aromatic carbocycles. The van der Waals surface area contributed by atoms with E-state index in [0.29, 0.717) is 21.9 Å². The Labute approximate surface area is 184 Å². The number of aromatic nitrogens is 3. The van der Waals surface area contributed by atoms with Crippen LogP contribution in [0, 0.1) is 5.82 Å². The summed E-state index contributed by atoms with van der Waals surface area (Å²) in [6, 6.07) is 15.7. The monoisotopic (exact) mass is 428 g/mol. The highest BCUT2D eigenvalue weighted by molar-refractivity contribution is 6.30. The van der Waals surface area contributed by atoms with Crippen molar-refractivity contribution >= 4 is 40.5 Å². The summed E-state index contributed by atoms with van der Waals surface area (Å²) in [5.41, 5.74) is 4.60. The van der Waals surface area contributed by atoms with Gasteiger partial charge in [-0.25, -0.2) is 14.4 Å². The number of hydrogen-bond donors (Lipinski definition) is 0. The molecule has 0 aliphatic carbocycles. The van der Waals surface area contributed by atoms with E-state index in [2.05, 4.69) is 26.7 Å². The first kappa shape index (κ1) is 20.6. The lowest BCUT2D eigenvalue weighted by molar-refractivity contribution is 0.631. The molecule has 0 atom stereocenters. The van der Waals surface area contributed by atoms with Gasteiger partial charge in [0, 0.05) is 40.1 Å². The van der Waals surface area contributed by atoms with Crippen LogP contribution in [0.5, 0.6) is 0 Å². The summed E-state index contributed by atoms with van der Waals surface area (Å²) in [6.45, 7) is 5.58. The third kappa shape index (κ3) is 4.42. The van der Waals surface area contributed by atoms with Crippen LogP contribution < -0.4 is 0 Å². The Hall–Kier alpha value is -3.70. The molecule has 0 unspecified atom stereocenters. The molecule has 3 heterocycles. The highest BCUT2D eigenvalue weighted by Crippen LogP contribution is 2.32. The van der Waals surface area contributed by atoms with Crippen LogP contribution >= 0.6 is 11.6 Å². The van der Waals surface area contributed by atoms with Crippen LogP contribution in [-0.4, -0.2) is 21.7 Å². The van der Waals surface area contributed by atoms with E-state index < -0.39 is 5.82 Å². The first-order valence-electron chi connectivity index (χ1n) is 9.54. The van der Waals surface area contributed by atoms with Gasteiger partial charge in [0.25, 0.3) is 0 Å². The third-order valence-electron chi connectivity index (χ3n) is 4.77. The molecular weight excluding hydrogens is 411 g/mol. The number of rotatable bonds is 5. The lowest BCUT2D eigenvalue weighted by Gasteiger charge is -2.12. The van der Waals surface area contributed by atoms with Gasteiger partial charge >= 0.3 is 0 Å². The molecule has 6 heteroatoms. The molecular formula is C25H18ClFN4. The number of allylic oxidation sites excluding steroid dienone is 3. The van der Waals surface area contributed by atoms with Crippen molar-refractivity contribution in [3.8, 4) is 11.3 Å². The minimum Gasteiger partial charge on any atom is -0.272 e. The number of nitrogens with zero attached hydrogens (tertiary/aromatic N) is 4. The van der Waals surface area contributed by atoms with Crippen molar-refractivity contribution in [3.05, 3.63) is 101 Å². The van der Waals surface area contributed by atoms with Crippen molar-refractivity contribution in [3.63, 3.8) is 0 Å². The van der Waals surface area contributed by atoms with Crippen molar-refractivity contribution in [2.45, 2.75) is 6.92 Å². The molecule has 0 N–H and O–H groups in total. The fraction of sp³-hybridized carbons (Fsp3) is 0.0400. The molecule has 152 valence electrons. The van der Waals surface area contributed by atoms with Gasteiger partial charge in [0.15, 0.2) is 5.65 Å². The smallest absolute Gasteiger partial charge is 0.160 e. The van der Waals surface area contributed by atoms with E-state index in [9.17, 15) is 4.39 Å². The van der Waals surface area contributed by atoms with Crippen LogP contribution in [0.15, 0.2) is 84.3 Å². The molecule has 0 bridgehead atoms. The van der Waals surface area contributed by atoms with Crippen LogP contribution in [0.2, 0.25) is 5.02 Å². The largest absolute Gasteiger partial charge is 0.272 e. The van der Waals surface area contributed by atoms with E-state index in [-0.39, 0.29) is 0 Å². The maximum absolute atomic E-state index is 14.6. The molecule has 0 aliphatic heterocycles. The topological polar surface area (TPSA) is 51.0 Å². The Balaban J connectivity index is 1.95. The standard InChI is InChI=1S/C25H18ClFN4/c1-16(23-7-3-4-10-29-23)12-17(15-28-2)20-14-24(21-13-18(26)8-9-22(21)27)31-25-19(20)6-5-11-30-25/h3-15H,2H2,1H3/b16-12+,17-15+. The molecule has 0 amide bonds. The molecule has 3 aromatic heterocycles. The summed E-state index contributed by atoms with van der Waals surface area (Å²) in [4.78, 5) is 17.3. The first-order chi connectivity index (χ1) is 15.1. The summed E-state index contributed by atoms with van der Waals surface area (Å²) in [7, 11) is 0. The molecule has 0 saturated carbocycles. The van der Waals surface area contributed by atoms with Crippen molar-refractivity contribution in [1.29, 1.82) is 0 Å². The van der Waals surface area contributed by atoms with Crippen LogP contribution in [0.25, 0.3) is 33.4 Å². The minimum atomic E-state index is -0.411. The maximum atomic E-state index is 14.6. The molecule has 4 aromatic rings. The van der Waals surface area contributed by atoms with Crippen LogP contribution in [-0.2, 0) is 0 Å². The molecule has 0 fully saturated rings. The summed E-state index contributed by atoms with van der Waals surface area (Å²) in [6.07, 6.45) is 7.03. The second-order valence-corrected chi connectivity index (χ2v) is 7.30.